The van der Waals surface area contributed by atoms with Gasteiger partial charge in [-0.15, -0.1) is 0 Å². The molecule has 38 heavy (non-hydrogen) atoms. The monoisotopic (exact) mass is 539 g/mol. The molecule has 1 saturated heterocycles. The maximum absolute atomic E-state index is 13.3. The molecule has 4 aliphatic carbocycles. The third-order valence-electron chi connectivity index (χ3n) is 13.0. The highest BCUT2D eigenvalue weighted by Crippen LogP contribution is 2.69. The Morgan fingerprint density at radius 3 is 2.53 bits per heavy atom. The highest BCUT2D eigenvalue weighted by molar-refractivity contribution is 6.74. The molecule has 6 aliphatic rings. The van der Waals surface area contributed by atoms with Crippen LogP contribution < -0.4 is 0 Å². The van der Waals surface area contributed by atoms with Crippen molar-refractivity contribution in [2.24, 2.45) is 28.6 Å². The third-order valence-corrected chi connectivity index (χ3v) is 17.5. The molecule has 0 N–H and O–H groups in total. The zero-order valence-electron chi connectivity index (χ0n) is 25.5. The lowest BCUT2D eigenvalue weighted by atomic mass is 9.47. The quantitative estimate of drug-likeness (QED) is 0.209. The molecule has 4 nitrogen and oxygen atoms in total. The molecular formula is C33H53NO3Si. The van der Waals surface area contributed by atoms with E-state index in [0.29, 0.717) is 36.1 Å². The van der Waals surface area contributed by atoms with Crippen molar-refractivity contribution in [1.29, 1.82) is 0 Å². The molecule has 0 radical (unpaired) electrons. The Kier molecular flexibility index (Phi) is 6.49. The van der Waals surface area contributed by atoms with Crippen LogP contribution in [0.5, 0.6) is 0 Å². The van der Waals surface area contributed by atoms with Crippen molar-refractivity contribution < 1.29 is 14.0 Å². The first kappa shape index (κ1) is 27.3. The van der Waals surface area contributed by atoms with Gasteiger partial charge < -0.3 is 9.16 Å². The average molecular weight is 540 g/mol. The van der Waals surface area contributed by atoms with Crippen molar-refractivity contribution in [2.75, 3.05) is 13.2 Å². The highest BCUT2D eigenvalue weighted by atomic mass is 28.4. The van der Waals surface area contributed by atoms with Crippen LogP contribution in [0.4, 0.5) is 0 Å². The van der Waals surface area contributed by atoms with Crippen LogP contribution in [0.2, 0.25) is 18.1 Å². The largest absolute Gasteiger partial charge is 0.463 e. The summed E-state index contributed by atoms with van der Waals surface area (Å²) >= 11 is 0. The fraction of sp³-hybridized carbons (Fsp3) is 0.848. The van der Waals surface area contributed by atoms with E-state index < -0.39 is 8.32 Å². The van der Waals surface area contributed by atoms with E-state index in [0.717, 1.165) is 36.8 Å². The van der Waals surface area contributed by atoms with Gasteiger partial charge >= 0.3 is 5.97 Å². The maximum atomic E-state index is 13.3. The number of nitrogens with zero attached hydrogens (tertiary/aromatic N) is 1. The van der Waals surface area contributed by atoms with Gasteiger partial charge in [0, 0.05) is 18.2 Å². The third kappa shape index (κ3) is 3.84. The number of carbonyl (C=O) groups excluding carboxylic acids is 1. The van der Waals surface area contributed by atoms with E-state index in [4.69, 9.17) is 9.16 Å². The standard InChI is InChI=1S/C33H53NO3Si/c1-9-36-30(35)28-26-11-10-18-34(26)27-20-25-23-13-12-21-19-22(37-38(7,8)31(2,3)4)14-16-32(21,5)24(23)15-17-33(25,6)29(27)28/h12,22-27H,9-11,13-20H2,1-8H3/t22-,23?,24?,25?,26+,27?,32-,33-/m0/s1. The molecule has 212 valence electrons. The van der Waals surface area contributed by atoms with Gasteiger partial charge in [-0.05, 0) is 124 Å². The predicted octanol–water partition coefficient (Wildman–Crippen LogP) is 7.66. The van der Waals surface area contributed by atoms with Crippen LogP contribution in [0.25, 0.3) is 0 Å². The van der Waals surface area contributed by atoms with Crippen LogP contribution in [-0.4, -0.2) is 50.5 Å². The molecule has 0 aromatic heterocycles. The molecule has 4 unspecified atom stereocenters. The van der Waals surface area contributed by atoms with Crippen molar-refractivity contribution in [1.82, 2.24) is 4.90 Å². The molecule has 2 aliphatic heterocycles. The van der Waals surface area contributed by atoms with Crippen molar-refractivity contribution in [3.8, 4) is 0 Å². The zero-order valence-corrected chi connectivity index (χ0v) is 26.5. The lowest BCUT2D eigenvalue weighted by molar-refractivity contribution is -0.139. The summed E-state index contributed by atoms with van der Waals surface area (Å²) in [6.45, 7) is 20.6. The molecule has 4 fully saturated rings. The van der Waals surface area contributed by atoms with Crippen molar-refractivity contribution in [3.05, 3.63) is 22.8 Å². The zero-order chi connectivity index (χ0) is 27.3. The molecule has 0 spiro atoms. The van der Waals surface area contributed by atoms with Gasteiger partial charge in [0.25, 0.3) is 0 Å². The van der Waals surface area contributed by atoms with E-state index in [1.54, 1.807) is 5.57 Å². The Balaban J connectivity index is 1.28. The molecule has 8 atom stereocenters. The number of hydrogen-bond acceptors (Lipinski definition) is 4. The molecule has 0 bridgehead atoms. The average Bonchev–Trinajstić information content (AvgIpc) is 3.49. The minimum Gasteiger partial charge on any atom is -0.463 e. The Labute approximate surface area is 233 Å². The summed E-state index contributed by atoms with van der Waals surface area (Å²) in [6.07, 6.45) is 14.1. The second-order valence-electron chi connectivity index (χ2n) is 15.7. The summed E-state index contributed by atoms with van der Waals surface area (Å²) in [5.41, 5.74) is 4.78. The van der Waals surface area contributed by atoms with Gasteiger partial charge in [0.05, 0.1) is 12.2 Å². The van der Waals surface area contributed by atoms with Crippen LogP contribution in [0.3, 0.4) is 0 Å². The lowest BCUT2D eigenvalue weighted by Gasteiger charge is -2.58. The van der Waals surface area contributed by atoms with Gasteiger partial charge in [0.2, 0.25) is 0 Å². The summed E-state index contributed by atoms with van der Waals surface area (Å²) in [4.78, 5) is 16.0. The molecule has 0 aromatic carbocycles. The first-order chi connectivity index (χ1) is 17.8. The van der Waals surface area contributed by atoms with E-state index in [9.17, 15) is 4.79 Å². The number of carbonyl (C=O) groups is 1. The Morgan fingerprint density at radius 1 is 1.08 bits per heavy atom. The van der Waals surface area contributed by atoms with Crippen molar-refractivity contribution in [2.45, 2.75) is 136 Å². The molecular weight excluding hydrogens is 486 g/mol. The van der Waals surface area contributed by atoms with Crippen LogP contribution >= 0.6 is 0 Å². The summed E-state index contributed by atoms with van der Waals surface area (Å²) in [5, 5.41) is 0.263. The lowest BCUT2D eigenvalue weighted by Crippen LogP contribution is -2.51. The number of ether oxygens (including phenoxy) is 1. The summed E-state index contributed by atoms with van der Waals surface area (Å²) in [6, 6.07) is 0.790. The van der Waals surface area contributed by atoms with Gasteiger partial charge in [-0.2, -0.15) is 0 Å². The maximum Gasteiger partial charge on any atom is 0.335 e. The number of hydrogen-bond donors (Lipinski definition) is 0. The van der Waals surface area contributed by atoms with E-state index >= 15 is 0 Å². The second-order valence-corrected chi connectivity index (χ2v) is 20.4. The number of allylic oxidation sites excluding steroid dienone is 1. The van der Waals surface area contributed by atoms with Gasteiger partial charge in [-0.25, -0.2) is 4.79 Å². The number of rotatable bonds is 4. The van der Waals surface area contributed by atoms with Gasteiger partial charge in [0.15, 0.2) is 8.32 Å². The molecule has 3 saturated carbocycles. The number of esters is 1. The van der Waals surface area contributed by atoms with E-state index in [1.807, 2.05) is 6.92 Å². The van der Waals surface area contributed by atoms with Crippen LogP contribution in [0.1, 0.15) is 99.3 Å². The first-order valence-corrected chi connectivity index (χ1v) is 18.8. The van der Waals surface area contributed by atoms with Crippen LogP contribution in [0.15, 0.2) is 22.8 Å². The van der Waals surface area contributed by atoms with Crippen molar-refractivity contribution in [3.63, 3.8) is 0 Å². The first-order valence-electron chi connectivity index (χ1n) is 15.9. The minimum atomic E-state index is -1.76. The fourth-order valence-electron chi connectivity index (χ4n) is 10.0. The summed E-state index contributed by atoms with van der Waals surface area (Å²) in [5.74, 6) is 2.18. The molecule has 6 rings (SSSR count). The molecule has 2 heterocycles. The molecule has 0 aromatic rings. The van der Waals surface area contributed by atoms with E-state index in [2.05, 4.69) is 58.7 Å². The smallest absolute Gasteiger partial charge is 0.335 e. The van der Waals surface area contributed by atoms with Gasteiger partial charge in [-0.1, -0.05) is 46.3 Å². The van der Waals surface area contributed by atoms with Gasteiger partial charge in [0.1, 0.15) is 0 Å². The van der Waals surface area contributed by atoms with Crippen molar-refractivity contribution >= 4 is 14.3 Å². The normalized spacial score (nSPS) is 42.7. The summed E-state index contributed by atoms with van der Waals surface area (Å²) < 4.78 is 12.6. The fourth-order valence-corrected chi connectivity index (χ4v) is 11.4. The summed E-state index contributed by atoms with van der Waals surface area (Å²) in [7, 11) is -1.76. The Bertz CT molecular complexity index is 1050. The minimum absolute atomic E-state index is 0.0104. The highest BCUT2D eigenvalue weighted by Gasteiger charge is 2.64. The molecule has 5 heteroatoms. The van der Waals surface area contributed by atoms with Crippen LogP contribution in [0, 0.1) is 28.6 Å². The molecule has 0 amide bonds. The van der Waals surface area contributed by atoms with Gasteiger partial charge in [-0.3, -0.25) is 4.90 Å². The Hall–Kier alpha value is -0.913. The SMILES string of the molecule is CCOC(=O)C1=C2C(CC3C4CC=C5C[C@@H](O[Si](C)(C)C(C)(C)C)CC[C@]5(C)C4CC[C@]23C)N2CCC[C@H]12. The topological polar surface area (TPSA) is 38.8 Å². The van der Waals surface area contributed by atoms with Crippen LogP contribution in [-0.2, 0) is 14.0 Å². The predicted molar refractivity (Wildman–Crippen MR) is 156 cm³/mol. The second kappa shape index (κ2) is 9.04. The van der Waals surface area contributed by atoms with E-state index in [1.165, 1.54) is 50.5 Å². The number of fused-ring (bicyclic) bond motifs is 9. The Morgan fingerprint density at radius 2 is 1.82 bits per heavy atom. The van der Waals surface area contributed by atoms with E-state index in [-0.39, 0.29) is 16.4 Å².